The van der Waals surface area contributed by atoms with E-state index in [1.165, 1.54) is 11.1 Å². The van der Waals surface area contributed by atoms with Crippen molar-refractivity contribution in [3.05, 3.63) is 41.5 Å². The lowest BCUT2D eigenvalue weighted by atomic mass is 9.62. The third kappa shape index (κ3) is 9.09. The lowest BCUT2D eigenvalue weighted by molar-refractivity contribution is -0.201. The number of fused-ring (bicyclic) bond motifs is 4. The fraction of sp³-hybridized carbons (Fsp3) is 0.618. The Morgan fingerprint density at radius 1 is 1.12 bits per heavy atom. The Labute approximate surface area is 297 Å². The minimum atomic E-state index is -4.69. The van der Waals surface area contributed by atoms with Crippen molar-refractivity contribution >= 4 is 35.8 Å². The van der Waals surface area contributed by atoms with Gasteiger partial charge in [0.05, 0.1) is 19.2 Å². The molecular weight excluding hydrogens is 699 g/mol. The number of nitrogens with zero attached hydrogens (tertiary/aromatic N) is 1. The predicted molar refractivity (Wildman–Crippen MR) is 170 cm³/mol. The molecule has 0 aromatic heterocycles. The van der Waals surface area contributed by atoms with Crippen molar-refractivity contribution in [1.29, 1.82) is 0 Å². The summed E-state index contributed by atoms with van der Waals surface area (Å²) in [6.07, 6.45) is -5.94. The van der Waals surface area contributed by atoms with Gasteiger partial charge in [-0.05, 0) is 44.4 Å². The van der Waals surface area contributed by atoms with Crippen LogP contribution >= 0.6 is 0 Å². The van der Waals surface area contributed by atoms with Crippen LogP contribution in [0.4, 0.5) is 13.2 Å². The van der Waals surface area contributed by atoms with E-state index in [0.29, 0.717) is 11.1 Å². The summed E-state index contributed by atoms with van der Waals surface area (Å²) in [7, 11) is 0. The second-order valence-electron chi connectivity index (χ2n) is 13.9. The highest BCUT2D eigenvalue weighted by Gasteiger charge is 2.74. The summed E-state index contributed by atoms with van der Waals surface area (Å²) in [6.45, 7) is 2.65. The van der Waals surface area contributed by atoms with Crippen molar-refractivity contribution in [1.82, 2.24) is 15.7 Å². The molecule has 52 heavy (non-hydrogen) atoms. The number of halogens is 3. The van der Waals surface area contributed by atoms with E-state index in [0.717, 1.165) is 6.08 Å². The number of hydrogen-bond donors (Lipinski definition) is 3. The molecule has 15 nitrogen and oxygen atoms in total. The van der Waals surface area contributed by atoms with Crippen LogP contribution in [0.1, 0.15) is 57.6 Å². The van der Waals surface area contributed by atoms with Gasteiger partial charge < -0.3 is 39.4 Å². The van der Waals surface area contributed by atoms with Gasteiger partial charge in [-0.15, -0.1) is 0 Å². The van der Waals surface area contributed by atoms with Crippen LogP contribution in [0.5, 0.6) is 0 Å². The minimum Gasteiger partial charge on any atom is -0.460 e. The Bertz CT molecular complexity index is 1550. The molecule has 5 rings (SSSR count). The topological polar surface area (TPSA) is 188 Å². The molecule has 1 saturated carbocycles. The van der Waals surface area contributed by atoms with Crippen molar-refractivity contribution in [2.24, 2.45) is 5.41 Å². The van der Waals surface area contributed by atoms with E-state index < -0.39 is 96.6 Å². The molecule has 1 aromatic rings. The molecule has 0 spiro atoms. The van der Waals surface area contributed by atoms with Gasteiger partial charge in [0.2, 0.25) is 11.8 Å². The number of alkyl halides is 3. The number of esters is 3. The number of rotatable bonds is 14. The quantitative estimate of drug-likeness (QED) is 0.141. The number of amides is 2. The zero-order valence-electron chi connectivity index (χ0n) is 28.8. The van der Waals surface area contributed by atoms with Crippen molar-refractivity contribution in [3.63, 3.8) is 0 Å². The molecule has 7 unspecified atom stereocenters. The molecular formula is C34H42F3N3O12. The number of aliphatic hydroxyl groups excluding tert-OH is 1. The van der Waals surface area contributed by atoms with E-state index in [-0.39, 0.29) is 45.6 Å². The van der Waals surface area contributed by atoms with Gasteiger partial charge in [-0.1, -0.05) is 24.3 Å². The minimum absolute atomic E-state index is 0.0248. The fourth-order valence-corrected chi connectivity index (χ4v) is 6.85. The van der Waals surface area contributed by atoms with Crippen molar-refractivity contribution in [2.75, 3.05) is 26.6 Å². The molecule has 286 valence electrons. The summed E-state index contributed by atoms with van der Waals surface area (Å²) in [6, 6.07) is 4.56. The van der Waals surface area contributed by atoms with Crippen LogP contribution in [-0.2, 0) is 59.0 Å². The molecule has 3 saturated heterocycles. The molecule has 0 radical (unpaired) electrons. The van der Waals surface area contributed by atoms with Gasteiger partial charge in [-0.25, -0.2) is 4.79 Å². The largest absolute Gasteiger partial charge is 0.460 e. The van der Waals surface area contributed by atoms with Crippen molar-refractivity contribution in [3.8, 4) is 0 Å². The Hall–Kier alpha value is -4.10. The van der Waals surface area contributed by atoms with Gasteiger partial charge in [0.15, 0.2) is 12.6 Å². The molecule has 3 aliphatic heterocycles. The van der Waals surface area contributed by atoms with Gasteiger partial charge in [0.25, 0.3) is 0 Å². The summed E-state index contributed by atoms with van der Waals surface area (Å²) in [5.41, 5.74) is -1.31. The predicted octanol–water partition coefficient (Wildman–Crippen LogP) is 1.45. The highest BCUT2D eigenvalue weighted by Crippen LogP contribution is 2.55. The molecule has 7 atom stereocenters. The average molecular weight is 742 g/mol. The third-order valence-electron chi connectivity index (χ3n) is 8.99. The van der Waals surface area contributed by atoms with Gasteiger partial charge in [-0.3, -0.25) is 24.0 Å². The molecule has 1 aliphatic carbocycles. The molecule has 4 aliphatic rings. The Morgan fingerprint density at radius 3 is 2.56 bits per heavy atom. The lowest BCUT2D eigenvalue weighted by Crippen LogP contribution is -2.69. The molecule has 2 amide bonds. The zero-order chi connectivity index (χ0) is 37.8. The first-order valence-corrected chi connectivity index (χ1v) is 16.8. The summed E-state index contributed by atoms with van der Waals surface area (Å²) in [5.74, 6) is -3.51. The molecule has 3 heterocycles. The average Bonchev–Trinajstić information content (AvgIpc) is 3.69. The summed E-state index contributed by atoms with van der Waals surface area (Å²) < 4.78 is 64.2. The van der Waals surface area contributed by atoms with Crippen LogP contribution in [0.3, 0.4) is 0 Å². The van der Waals surface area contributed by atoms with Gasteiger partial charge in [-0.2, -0.15) is 18.2 Å². The standard InChI is InChI=1S/C34H42F3N3O12/c1-32(2,3)51-25(44)11-9-21(16-41)39-23(42)12-13-38-31(46)33-14-22-26-27(49-18-48-26)29(33)52-40(28(33)30(45)50-22)15-20-7-5-4-6-19(20)8-10-24(43)47-17-34(35,36)37/h4-8,10,21-22,26-29,41H,9,11-18H2,1-3H3,(H,38,46)(H,39,42). The van der Waals surface area contributed by atoms with Crippen LogP contribution in [0.25, 0.3) is 6.08 Å². The maximum atomic E-state index is 14.2. The molecule has 3 N–H and O–H groups in total. The van der Waals surface area contributed by atoms with Crippen LogP contribution in [0, 0.1) is 5.41 Å². The number of hydrogen-bond acceptors (Lipinski definition) is 13. The first kappa shape index (κ1) is 39.1. The Balaban J connectivity index is 1.27. The van der Waals surface area contributed by atoms with Crippen molar-refractivity contribution < 1.29 is 70.8 Å². The molecule has 4 fully saturated rings. The normalized spacial score (nSPS) is 27.4. The first-order valence-electron chi connectivity index (χ1n) is 16.8. The van der Waals surface area contributed by atoms with E-state index in [1.807, 2.05) is 0 Å². The maximum Gasteiger partial charge on any atom is 0.422 e. The lowest BCUT2D eigenvalue weighted by Gasteiger charge is -2.48. The SMILES string of the molecule is CC(C)(C)OC(=O)CCC(CO)NC(=O)CCNC(=O)C12CC3OC(=O)C1N(Cc1ccccc1C=CC(=O)OCC(F)(F)F)OC2C1OCOC31. The highest BCUT2D eigenvalue weighted by atomic mass is 19.4. The molecule has 2 bridgehead atoms. The van der Waals surface area contributed by atoms with Crippen molar-refractivity contribution in [2.45, 2.75) is 101 Å². The Morgan fingerprint density at radius 2 is 1.85 bits per heavy atom. The molecule has 1 aromatic carbocycles. The van der Waals surface area contributed by atoms with Crippen LogP contribution in [0.2, 0.25) is 0 Å². The van der Waals surface area contributed by atoms with E-state index >= 15 is 0 Å². The summed E-state index contributed by atoms with van der Waals surface area (Å²) in [5, 5.41) is 16.4. The van der Waals surface area contributed by atoms with E-state index in [4.69, 9.17) is 23.8 Å². The number of aliphatic hydroxyl groups is 1. The number of hydroxylamine groups is 2. The van der Waals surface area contributed by atoms with Gasteiger partial charge >= 0.3 is 24.1 Å². The van der Waals surface area contributed by atoms with E-state index in [1.54, 1.807) is 45.0 Å². The van der Waals surface area contributed by atoms with Gasteiger partial charge in [0.1, 0.15) is 42.2 Å². The second kappa shape index (κ2) is 15.9. The smallest absolute Gasteiger partial charge is 0.422 e. The maximum absolute atomic E-state index is 14.2. The number of carbonyl (C=O) groups excluding carboxylic acids is 5. The zero-order valence-corrected chi connectivity index (χ0v) is 28.8. The first-order chi connectivity index (χ1) is 24.5. The number of ether oxygens (including phenoxy) is 5. The molecule has 18 heteroatoms. The van der Waals surface area contributed by atoms with Crippen LogP contribution in [-0.4, -0.2) is 115 Å². The monoisotopic (exact) mass is 741 g/mol. The number of benzene rings is 1. The van der Waals surface area contributed by atoms with Crippen LogP contribution < -0.4 is 10.6 Å². The summed E-state index contributed by atoms with van der Waals surface area (Å²) in [4.78, 5) is 70.8. The third-order valence-corrected chi connectivity index (χ3v) is 8.99. The summed E-state index contributed by atoms with van der Waals surface area (Å²) >= 11 is 0. The highest BCUT2D eigenvalue weighted by molar-refractivity contribution is 5.94. The van der Waals surface area contributed by atoms with E-state index in [2.05, 4.69) is 15.4 Å². The fourth-order valence-electron chi connectivity index (χ4n) is 6.85. The van der Waals surface area contributed by atoms with E-state index in [9.17, 15) is 42.3 Å². The van der Waals surface area contributed by atoms with Gasteiger partial charge in [0, 0.05) is 31.9 Å². The Kier molecular flexibility index (Phi) is 11.9. The number of nitrogens with one attached hydrogen (secondary N) is 2. The van der Waals surface area contributed by atoms with Crippen LogP contribution in [0.15, 0.2) is 30.3 Å². The number of carbonyl (C=O) groups is 5. The second-order valence-corrected chi connectivity index (χ2v) is 13.9.